The Morgan fingerprint density at radius 1 is 1.38 bits per heavy atom. The van der Waals surface area contributed by atoms with Gasteiger partial charge in [-0.05, 0) is 13.8 Å². The number of hydrogen-bond acceptors (Lipinski definition) is 4. The molecule has 1 saturated heterocycles. The van der Waals surface area contributed by atoms with Crippen LogP contribution in [0.15, 0.2) is 0 Å². The molecular formula is C9H16N2O4S. The molecule has 1 heterocycles. The topological polar surface area (TPSA) is 83.6 Å². The fraction of sp³-hybridized carbons (Fsp3) is 0.778. The molecule has 0 aromatic rings. The fourth-order valence-corrected chi connectivity index (χ4v) is 2.08. The summed E-state index contributed by atoms with van der Waals surface area (Å²) in [5.74, 6) is -0.649. The molecule has 0 unspecified atom stereocenters. The molecule has 0 atom stereocenters. The quantitative estimate of drug-likeness (QED) is 0.677. The molecule has 1 rings (SSSR count). The van der Waals surface area contributed by atoms with E-state index < -0.39 is 15.4 Å². The number of rotatable bonds is 3. The summed E-state index contributed by atoms with van der Waals surface area (Å²) in [5, 5.41) is 2.47. The first-order valence-corrected chi connectivity index (χ1v) is 6.97. The summed E-state index contributed by atoms with van der Waals surface area (Å²) in [6.07, 6.45) is 1.11. The van der Waals surface area contributed by atoms with Gasteiger partial charge in [0.25, 0.3) is 0 Å². The lowest BCUT2D eigenvalue weighted by Gasteiger charge is -2.40. The summed E-state index contributed by atoms with van der Waals surface area (Å²) in [4.78, 5) is 24.4. The van der Waals surface area contributed by atoms with Crippen LogP contribution >= 0.6 is 0 Å². The van der Waals surface area contributed by atoms with Crippen molar-refractivity contribution < 1.29 is 18.0 Å². The Labute approximate surface area is 94.9 Å². The van der Waals surface area contributed by atoms with Gasteiger partial charge in [-0.25, -0.2) is 8.42 Å². The van der Waals surface area contributed by atoms with E-state index in [2.05, 4.69) is 5.32 Å². The number of amides is 2. The Balaban J connectivity index is 2.82. The Morgan fingerprint density at radius 2 is 1.94 bits per heavy atom. The molecule has 0 spiro atoms. The van der Waals surface area contributed by atoms with Crippen molar-refractivity contribution in [3.05, 3.63) is 0 Å². The molecule has 0 aliphatic carbocycles. The van der Waals surface area contributed by atoms with Gasteiger partial charge in [-0.1, -0.05) is 0 Å². The highest BCUT2D eigenvalue weighted by molar-refractivity contribution is 7.90. The van der Waals surface area contributed by atoms with Crippen LogP contribution in [0.3, 0.4) is 0 Å². The largest absolute Gasteiger partial charge is 0.345 e. The molecule has 92 valence electrons. The third-order valence-corrected chi connectivity index (χ3v) is 3.54. The fourth-order valence-electron chi connectivity index (χ4n) is 1.56. The Bertz CT molecular complexity index is 413. The van der Waals surface area contributed by atoms with Crippen LogP contribution in [0.5, 0.6) is 0 Å². The molecule has 6 nitrogen and oxygen atoms in total. The van der Waals surface area contributed by atoms with Crippen LogP contribution in [-0.4, -0.2) is 55.8 Å². The minimum atomic E-state index is -3.14. The average molecular weight is 248 g/mol. The van der Waals surface area contributed by atoms with Crippen LogP contribution < -0.4 is 5.32 Å². The highest BCUT2D eigenvalue weighted by atomic mass is 32.2. The minimum absolute atomic E-state index is 0.0537. The monoisotopic (exact) mass is 248 g/mol. The molecule has 16 heavy (non-hydrogen) atoms. The second-order valence-corrected chi connectivity index (χ2v) is 6.68. The van der Waals surface area contributed by atoms with Crippen LogP contribution in [0.25, 0.3) is 0 Å². The zero-order valence-corrected chi connectivity index (χ0v) is 10.4. The van der Waals surface area contributed by atoms with Crippen LogP contribution in [0.2, 0.25) is 0 Å². The maximum absolute atomic E-state index is 11.6. The van der Waals surface area contributed by atoms with Gasteiger partial charge in [0.05, 0.1) is 12.3 Å². The number of hydrogen-bond donors (Lipinski definition) is 1. The first-order valence-electron chi connectivity index (χ1n) is 4.91. The Kier molecular flexibility index (Phi) is 3.27. The molecule has 2 amide bonds. The van der Waals surface area contributed by atoms with Gasteiger partial charge < -0.3 is 10.2 Å². The zero-order chi connectivity index (χ0) is 12.6. The average Bonchev–Trinajstić information content (AvgIpc) is 2.09. The third-order valence-electron chi connectivity index (χ3n) is 2.62. The van der Waals surface area contributed by atoms with E-state index in [4.69, 9.17) is 0 Å². The molecule has 0 radical (unpaired) electrons. The second kappa shape index (κ2) is 4.04. The summed E-state index contributed by atoms with van der Waals surface area (Å²) in [5.41, 5.74) is -0.986. The number of carbonyl (C=O) groups is 2. The normalized spacial score (nSPS) is 20.8. The van der Waals surface area contributed by atoms with E-state index >= 15 is 0 Å². The lowest BCUT2D eigenvalue weighted by Crippen LogP contribution is -2.65. The van der Waals surface area contributed by atoms with Crippen molar-refractivity contribution in [3.8, 4) is 0 Å². The van der Waals surface area contributed by atoms with Crippen LogP contribution in [0, 0.1) is 0 Å². The number of carbonyl (C=O) groups excluding carboxylic acids is 2. The lowest BCUT2D eigenvalue weighted by atomic mass is 9.99. The predicted octanol–water partition coefficient (Wildman–Crippen LogP) is -1.23. The summed E-state index contributed by atoms with van der Waals surface area (Å²) >= 11 is 0. The number of nitrogens with zero attached hydrogens (tertiary/aromatic N) is 1. The van der Waals surface area contributed by atoms with Gasteiger partial charge in [-0.2, -0.15) is 0 Å². The molecule has 0 bridgehead atoms. The molecule has 0 aromatic carbocycles. The molecule has 0 saturated carbocycles. The van der Waals surface area contributed by atoms with Gasteiger partial charge in [-0.15, -0.1) is 0 Å². The van der Waals surface area contributed by atoms with E-state index in [1.54, 1.807) is 13.8 Å². The molecule has 1 N–H and O–H groups in total. The lowest BCUT2D eigenvalue weighted by molar-refractivity contribution is -0.150. The molecule has 1 aliphatic rings. The zero-order valence-electron chi connectivity index (χ0n) is 9.61. The maximum atomic E-state index is 11.6. The number of sulfone groups is 1. The van der Waals surface area contributed by atoms with E-state index in [1.807, 2.05) is 0 Å². The molecule has 1 aliphatic heterocycles. The van der Waals surface area contributed by atoms with Crippen molar-refractivity contribution in [1.29, 1.82) is 0 Å². The van der Waals surface area contributed by atoms with E-state index in [1.165, 1.54) is 4.90 Å². The van der Waals surface area contributed by atoms with E-state index in [-0.39, 0.29) is 30.7 Å². The molecule has 0 aromatic heterocycles. The summed E-state index contributed by atoms with van der Waals surface area (Å²) in [6.45, 7) is 3.19. The first kappa shape index (κ1) is 13.0. The third kappa shape index (κ3) is 2.72. The predicted molar refractivity (Wildman–Crippen MR) is 58.5 cm³/mol. The van der Waals surface area contributed by atoms with Gasteiger partial charge >= 0.3 is 0 Å². The minimum Gasteiger partial charge on any atom is -0.345 e. The van der Waals surface area contributed by atoms with E-state index in [9.17, 15) is 18.0 Å². The summed E-state index contributed by atoms with van der Waals surface area (Å²) in [7, 11) is -3.14. The maximum Gasteiger partial charge on any atom is 0.245 e. The van der Waals surface area contributed by atoms with Gasteiger partial charge in [-0.3, -0.25) is 9.59 Å². The molecule has 7 heteroatoms. The standard InChI is InChI=1S/C9H16N2O4S/c1-9(2)8(13)10-6-7(12)11(9)4-5-16(3,14)15/h4-6H2,1-3H3,(H,10,13). The van der Waals surface area contributed by atoms with Crippen molar-refractivity contribution in [2.24, 2.45) is 0 Å². The summed E-state index contributed by atoms with van der Waals surface area (Å²) in [6, 6.07) is 0. The van der Waals surface area contributed by atoms with E-state index in [0.29, 0.717) is 0 Å². The van der Waals surface area contributed by atoms with Gasteiger partial charge in [0, 0.05) is 12.8 Å². The van der Waals surface area contributed by atoms with Crippen molar-refractivity contribution in [2.45, 2.75) is 19.4 Å². The van der Waals surface area contributed by atoms with Crippen molar-refractivity contribution in [3.63, 3.8) is 0 Å². The highest BCUT2D eigenvalue weighted by Crippen LogP contribution is 2.18. The van der Waals surface area contributed by atoms with E-state index in [0.717, 1.165) is 6.26 Å². The Hall–Kier alpha value is -1.11. The van der Waals surface area contributed by atoms with Crippen LogP contribution in [-0.2, 0) is 19.4 Å². The van der Waals surface area contributed by atoms with Crippen molar-refractivity contribution >= 4 is 21.7 Å². The number of piperazine rings is 1. The van der Waals surface area contributed by atoms with Crippen molar-refractivity contribution in [2.75, 3.05) is 25.1 Å². The van der Waals surface area contributed by atoms with Gasteiger partial charge in [0.2, 0.25) is 11.8 Å². The number of nitrogens with one attached hydrogen (secondary N) is 1. The van der Waals surface area contributed by atoms with Crippen molar-refractivity contribution in [1.82, 2.24) is 10.2 Å². The molecular weight excluding hydrogens is 232 g/mol. The van der Waals surface area contributed by atoms with Crippen LogP contribution in [0.1, 0.15) is 13.8 Å². The Morgan fingerprint density at radius 3 is 2.44 bits per heavy atom. The SMILES string of the molecule is CC1(C)C(=O)NCC(=O)N1CCS(C)(=O)=O. The van der Waals surface area contributed by atoms with Gasteiger partial charge in [0.1, 0.15) is 15.4 Å². The van der Waals surface area contributed by atoms with Crippen LogP contribution in [0.4, 0.5) is 0 Å². The molecule has 1 fully saturated rings. The summed E-state index contributed by atoms with van der Waals surface area (Å²) < 4.78 is 22.1. The first-order chi connectivity index (χ1) is 7.14. The van der Waals surface area contributed by atoms with Gasteiger partial charge in [0.15, 0.2) is 0 Å². The highest BCUT2D eigenvalue weighted by Gasteiger charge is 2.41. The smallest absolute Gasteiger partial charge is 0.245 e. The second-order valence-electron chi connectivity index (χ2n) is 4.42.